The number of carbonyl (C=O) groups excluding carboxylic acids is 1. The van der Waals surface area contributed by atoms with Crippen LogP contribution in [0.1, 0.15) is 47.2 Å². The average Bonchev–Trinajstić information content (AvgIpc) is 3.33. The molecule has 40 heavy (non-hydrogen) atoms. The van der Waals surface area contributed by atoms with Crippen molar-refractivity contribution in [1.82, 2.24) is 19.5 Å². The van der Waals surface area contributed by atoms with Crippen LogP contribution in [-0.4, -0.2) is 88.8 Å². The average molecular weight is 592 g/mol. The number of carboxylic acid groups (broad SMARTS) is 1. The van der Waals surface area contributed by atoms with Crippen molar-refractivity contribution in [3.63, 3.8) is 0 Å². The van der Waals surface area contributed by atoms with Gasteiger partial charge in [-0.05, 0) is 37.8 Å². The van der Waals surface area contributed by atoms with E-state index in [4.69, 9.17) is 9.84 Å². The molecule has 1 aliphatic rings. The molecule has 0 atom stereocenters. The molecule has 1 aromatic carbocycles. The highest BCUT2D eigenvalue weighted by atomic mass is 32.1. The van der Waals surface area contributed by atoms with Gasteiger partial charge in [-0.25, -0.2) is 27.2 Å². The van der Waals surface area contributed by atoms with Crippen molar-refractivity contribution < 1.29 is 42.1 Å². The van der Waals surface area contributed by atoms with Gasteiger partial charge < -0.3 is 25.2 Å². The zero-order chi connectivity index (χ0) is 29.2. The second-order valence-corrected chi connectivity index (χ2v) is 10.1. The maximum atomic E-state index is 14.1. The number of piperazine rings is 1. The van der Waals surface area contributed by atoms with E-state index in [0.717, 1.165) is 65.3 Å². The Bertz CT molecular complexity index is 1150. The second-order valence-electron chi connectivity index (χ2n) is 9.35. The molecule has 3 rings (SSSR count). The number of nitrogens with zero attached hydrogens (tertiary/aromatic N) is 3. The van der Waals surface area contributed by atoms with Crippen molar-refractivity contribution in [1.29, 1.82) is 0 Å². The zero-order valence-electron chi connectivity index (χ0n) is 22.1. The summed E-state index contributed by atoms with van der Waals surface area (Å²) in [4.78, 5) is 28.6. The predicted molar refractivity (Wildman–Crippen MR) is 140 cm³/mol. The van der Waals surface area contributed by atoms with Crippen LogP contribution in [0.15, 0.2) is 0 Å². The predicted octanol–water partition coefficient (Wildman–Crippen LogP) is 3.58. The summed E-state index contributed by atoms with van der Waals surface area (Å²) in [5, 5.41) is 23.4. The van der Waals surface area contributed by atoms with Crippen molar-refractivity contribution in [3.05, 3.63) is 40.0 Å². The van der Waals surface area contributed by atoms with Gasteiger partial charge in [0.25, 0.3) is 0 Å². The van der Waals surface area contributed by atoms with Crippen molar-refractivity contribution >= 4 is 28.5 Å². The van der Waals surface area contributed by atoms with E-state index in [-0.39, 0.29) is 11.6 Å². The highest BCUT2D eigenvalue weighted by Crippen LogP contribution is 2.32. The number of benzene rings is 1. The van der Waals surface area contributed by atoms with Gasteiger partial charge in [0, 0.05) is 44.8 Å². The number of unbranched alkanes of at least 4 members (excludes halogenated alkanes) is 3. The van der Waals surface area contributed by atoms with Crippen molar-refractivity contribution in [2.45, 2.75) is 39.2 Å². The summed E-state index contributed by atoms with van der Waals surface area (Å²) in [6.07, 6.45) is 3.65. The molecule has 2 heterocycles. The maximum Gasteiger partial charge on any atom is 0.344 e. The minimum Gasteiger partial charge on any atom is -0.477 e. The fraction of sp³-hybridized carbons (Fsp3) is 0.560. The Hall–Kier alpha value is -3.01. The highest BCUT2D eigenvalue weighted by molar-refractivity contribution is 7.11. The SMILES string of the molecule is Cc1c(F)c(F)c(COc2nsc(NC(=O)NCCCCCCN3CCN(CCO)CC3)c2C(=O)O)c(F)c1F. The van der Waals surface area contributed by atoms with E-state index in [1.54, 1.807) is 0 Å². The van der Waals surface area contributed by atoms with Gasteiger partial charge in [0.05, 0.1) is 12.2 Å². The summed E-state index contributed by atoms with van der Waals surface area (Å²) < 4.78 is 64.7. The van der Waals surface area contributed by atoms with Crippen LogP contribution in [0.3, 0.4) is 0 Å². The Morgan fingerprint density at radius 2 is 1.55 bits per heavy atom. The Balaban J connectivity index is 1.41. The van der Waals surface area contributed by atoms with Crippen LogP contribution < -0.4 is 15.4 Å². The third-order valence-electron chi connectivity index (χ3n) is 6.60. The number of hydrogen-bond acceptors (Lipinski definition) is 8. The molecule has 1 aliphatic heterocycles. The Labute approximate surface area is 233 Å². The van der Waals surface area contributed by atoms with Gasteiger partial charge in [-0.15, -0.1) is 0 Å². The topological polar surface area (TPSA) is 127 Å². The molecule has 0 bridgehead atoms. The van der Waals surface area contributed by atoms with Gasteiger partial charge in [-0.1, -0.05) is 12.8 Å². The third-order valence-corrected chi connectivity index (χ3v) is 7.34. The molecular formula is C25H33F4N5O5S. The lowest BCUT2D eigenvalue weighted by Gasteiger charge is -2.34. The van der Waals surface area contributed by atoms with Crippen LogP contribution in [0, 0.1) is 30.2 Å². The number of carbonyl (C=O) groups is 2. The highest BCUT2D eigenvalue weighted by Gasteiger charge is 2.27. The first kappa shape index (κ1) is 31.5. The van der Waals surface area contributed by atoms with E-state index in [2.05, 4.69) is 24.8 Å². The molecule has 4 N–H and O–H groups in total. The summed E-state index contributed by atoms with van der Waals surface area (Å²) in [6.45, 7) is 5.99. The van der Waals surface area contributed by atoms with Crippen molar-refractivity contribution in [2.75, 3.05) is 57.7 Å². The van der Waals surface area contributed by atoms with E-state index >= 15 is 0 Å². The standard InChI is InChI=1S/C25H33F4N5O5S/c1-15-18(26)20(28)16(21(29)19(15)27)14-39-22-17(24(36)37)23(40-32-22)31-25(38)30-6-4-2-3-5-7-33-8-10-34(11-9-33)12-13-35/h35H,2-14H2,1H3,(H,36,37)(H2,30,31,38). The molecule has 2 amide bonds. The molecule has 10 nitrogen and oxygen atoms in total. The summed E-state index contributed by atoms with van der Waals surface area (Å²) >= 11 is 0.568. The number of β-amino-alcohol motifs (C(OH)–C–C–N with tert-alkyl or cyclic N) is 1. The Kier molecular flexibility index (Phi) is 11.9. The molecule has 0 spiro atoms. The van der Waals surface area contributed by atoms with Gasteiger partial charge in [-0.2, -0.15) is 4.37 Å². The molecule has 1 fully saturated rings. The van der Waals surface area contributed by atoms with Crippen LogP contribution in [-0.2, 0) is 6.61 Å². The van der Waals surface area contributed by atoms with E-state index < -0.39 is 64.4 Å². The van der Waals surface area contributed by atoms with Gasteiger partial charge in [0.2, 0.25) is 5.88 Å². The number of anilines is 1. The Morgan fingerprint density at radius 1 is 0.950 bits per heavy atom. The van der Waals surface area contributed by atoms with Crippen LogP contribution in [0.4, 0.5) is 27.4 Å². The number of rotatable bonds is 14. The van der Waals surface area contributed by atoms with Gasteiger partial charge in [0.1, 0.15) is 11.6 Å². The third kappa shape index (κ3) is 8.25. The molecule has 0 aliphatic carbocycles. The van der Waals surface area contributed by atoms with Crippen LogP contribution >= 0.6 is 11.5 Å². The number of amides is 2. The molecule has 1 aromatic heterocycles. The fourth-order valence-corrected chi connectivity index (χ4v) is 4.97. The number of urea groups is 1. The summed E-state index contributed by atoms with van der Waals surface area (Å²) in [5.41, 5.74) is -2.45. The van der Waals surface area contributed by atoms with Gasteiger partial charge >= 0.3 is 12.0 Å². The summed E-state index contributed by atoms with van der Waals surface area (Å²) in [6, 6.07) is -0.668. The smallest absolute Gasteiger partial charge is 0.344 e. The molecule has 2 aromatic rings. The number of nitrogens with one attached hydrogen (secondary N) is 2. The number of aromatic carboxylic acids is 1. The number of aliphatic hydroxyl groups is 1. The normalized spacial score (nSPS) is 14.3. The minimum atomic E-state index is -1.65. The lowest BCUT2D eigenvalue weighted by Crippen LogP contribution is -2.47. The lowest BCUT2D eigenvalue weighted by atomic mass is 10.1. The van der Waals surface area contributed by atoms with Crippen molar-refractivity contribution in [3.8, 4) is 5.88 Å². The number of ether oxygens (including phenoxy) is 1. The first-order chi connectivity index (χ1) is 19.1. The molecule has 0 radical (unpaired) electrons. The largest absolute Gasteiger partial charge is 0.477 e. The molecule has 1 saturated heterocycles. The van der Waals surface area contributed by atoms with Crippen LogP contribution in [0.25, 0.3) is 0 Å². The van der Waals surface area contributed by atoms with E-state index in [9.17, 15) is 32.3 Å². The fourth-order valence-electron chi connectivity index (χ4n) is 4.24. The van der Waals surface area contributed by atoms with E-state index in [1.165, 1.54) is 0 Å². The Morgan fingerprint density at radius 3 is 2.15 bits per heavy atom. The zero-order valence-corrected chi connectivity index (χ0v) is 22.9. The molecular weight excluding hydrogens is 558 g/mol. The van der Waals surface area contributed by atoms with Crippen molar-refractivity contribution in [2.24, 2.45) is 0 Å². The van der Waals surface area contributed by atoms with Gasteiger partial charge in [-0.3, -0.25) is 10.2 Å². The van der Waals surface area contributed by atoms with Crippen LogP contribution in [0.2, 0.25) is 0 Å². The first-order valence-corrected chi connectivity index (χ1v) is 13.7. The number of halogens is 4. The number of aliphatic hydroxyl groups excluding tert-OH is 1. The number of hydrogen-bond donors (Lipinski definition) is 4. The second kappa shape index (κ2) is 15.1. The number of carboxylic acids is 1. The molecule has 0 unspecified atom stereocenters. The quantitative estimate of drug-likeness (QED) is 0.149. The lowest BCUT2D eigenvalue weighted by molar-refractivity contribution is 0.0692. The molecule has 222 valence electrons. The number of aromatic nitrogens is 1. The first-order valence-electron chi connectivity index (χ1n) is 12.9. The minimum absolute atomic E-state index is 0.179. The van der Waals surface area contributed by atoms with Gasteiger partial charge in [0.15, 0.2) is 28.8 Å². The molecule has 15 heteroatoms. The molecule has 0 saturated carbocycles. The summed E-state index contributed by atoms with van der Waals surface area (Å²) in [7, 11) is 0. The van der Waals surface area contributed by atoms with E-state index in [1.807, 2.05) is 0 Å². The summed E-state index contributed by atoms with van der Waals surface area (Å²) in [5.74, 6) is -8.57. The van der Waals surface area contributed by atoms with Crippen LogP contribution in [0.5, 0.6) is 5.88 Å². The maximum absolute atomic E-state index is 14.1. The monoisotopic (exact) mass is 591 g/mol. The van der Waals surface area contributed by atoms with E-state index in [0.29, 0.717) is 24.6 Å².